The highest BCUT2D eigenvalue weighted by molar-refractivity contribution is 5.94. The summed E-state index contributed by atoms with van der Waals surface area (Å²) in [4.78, 5) is 12.1. The van der Waals surface area contributed by atoms with Crippen molar-refractivity contribution in [3.63, 3.8) is 0 Å². The van der Waals surface area contributed by atoms with E-state index in [9.17, 15) is 4.79 Å². The van der Waals surface area contributed by atoms with Crippen LogP contribution >= 0.6 is 0 Å². The van der Waals surface area contributed by atoms with Crippen molar-refractivity contribution < 1.29 is 14.3 Å². The lowest BCUT2D eigenvalue weighted by molar-refractivity contribution is 0.0947. The van der Waals surface area contributed by atoms with E-state index in [1.807, 2.05) is 56.3 Å². The first-order valence-electron chi connectivity index (χ1n) is 7.22. The van der Waals surface area contributed by atoms with Crippen LogP contribution in [0, 0.1) is 13.8 Å². The van der Waals surface area contributed by atoms with Gasteiger partial charge in [-0.05, 0) is 38.1 Å². The molecule has 4 heteroatoms. The molecule has 0 spiro atoms. The van der Waals surface area contributed by atoms with Crippen molar-refractivity contribution >= 4 is 5.91 Å². The maximum absolute atomic E-state index is 12.1. The van der Waals surface area contributed by atoms with Gasteiger partial charge in [0.05, 0.1) is 13.7 Å². The third-order valence-electron chi connectivity index (χ3n) is 3.18. The van der Waals surface area contributed by atoms with Crippen LogP contribution in [-0.2, 0) is 0 Å². The van der Waals surface area contributed by atoms with Gasteiger partial charge in [-0.3, -0.25) is 4.79 Å². The van der Waals surface area contributed by atoms with Gasteiger partial charge < -0.3 is 14.8 Å². The van der Waals surface area contributed by atoms with Gasteiger partial charge in [0.1, 0.15) is 18.1 Å². The van der Waals surface area contributed by atoms with Gasteiger partial charge in [-0.15, -0.1) is 0 Å². The number of ether oxygens (including phenoxy) is 2. The van der Waals surface area contributed by atoms with Gasteiger partial charge in [0.2, 0.25) is 0 Å². The van der Waals surface area contributed by atoms with Crippen LogP contribution in [0.5, 0.6) is 11.5 Å². The number of carbonyl (C=O) groups is 1. The van der Waals surface area contributed by atoms with E-state index >= 15 is 0 Å². The molecule has 4 nitrogen and oxygen atoms in total. The van der Waals surface area contributed by atoms with Crippen LogP contribution in [0.25, 0.3) is 0 Å². The highest BCUT2D eigenvalue weighted by atomic mass is 16.5. The van der Waals surface area contributed by atoms with E-state index in [2.05, 4.69) is 5.32 Å². The van der Waals surface area contributed by atoms with Gasteiger partial charge in [-0.2, -0.15) is 0 Å². The van der Waals surface area contributed by atoms with Crippen LogP contribution in [0.1, 0.15) is 21.5 Å². The molecule has 0 radical (unpaired) electrons. The number of amides is 1. The number of hydrogen-bond acceptors (Lipinski definition) is 3. The number of carbonyl (C=O) groups excluding carboxylic acids is 1. The van der Waals surface area contributed by atoms with Crippen LogP contribution < -0.4 is 14.8 Å². The number of rotatable bonds is 6. The van der Waals surface area contributed by atoms with Crippen LogP contribution in [0.2, 0.25) is 0 Å². The molecule has 0 aliphatic heterocycles. The van der Waals surface area contributed by atoms with E-state index in [4.69, 9.17) is 9.47 Å². The Balaban J connectivity index is 1.81. The molecule has 0 saturated carbocycles. The SMILES string of the molecule is COc1cccc(OCCNC(=O)c2cc(C)cc(C)c2)c1. The van der Waals surface area contributed by atoms with Gasteiger partial charge in [0.25, 0.3) is 5.91 Å². The van der Waals surface area contributed by atoms with Gasteiger partial charge in [-0.1, -0.05) is 23.3 Å². The van der Waals surface area contributed by atoms with E-state index in [0.717, 1.165) is 22.6 Å². The molecule has 0 heterocycles. The Hall–Kier alpha value is -2.49. The monoisotopic (exact) mass is 299 g/mol. The molecule has 116 valence electrons. The van der Waals surface area contributed by atoms with Crippen LogP contribution in [0.4, 0.5) is 0 Å². The Labute approximate surface area is 131 Å². The molecule has 1 N–H and O–H groups in total. The molecule has 0 atom stereocenters. The van der Waals surface area contributed by atoms with Crippen molar-refractivity contribution in [2.45, 2.75) is 13.8 Å². The first-order chi connectivity index (χ1) is 10.6. The Morgan fingerprint density at radius 3 is 2.41 bits per heavy atom. The fraction of sp³-hybridized carbons (Fsp3) is 0.278. The quantitative estimate of drug-likeness (QED) is 0.834. The largest absolute Gasteiger partial charge is 0.497 e. The first-order valence-corrected chi connectivity index (χ1v) is 7.22. The summed E-state index contributed by atoms with van der Waals surface area (Å²) >= 11 is 0. The maximum Gasteiger partial charge on any atom is 0.251 e. The molecule has 2 rings (SSSR count). The molecule has 0 aliphatic carbocycles. The molecule has 1 amide bonds. The summed E-state index contributed by atoms with van der Waals surface area (Å²) in [7, 11) is 1.61. The highest BCUT2D eigenvalue weighted by Crippen LogP contribution is 2.18. The number of benzene rings is 2. The predicted molar refractivity (Wildman–Crippen MR) is 86.7 cm³/mol. The molecule has 0 fully saturated rings. The van der Waals surface area contributed by atoms with Crippen LogP contribution in [0.3, 0.4) is 0 Å². The van der Waals surface area contributed by atoms with E-state index in [-0.39, 0.29) is 5.91 Å². The van der Waals surface area contributed by atoms with Crippen molar-refractivity contribution in [1.29, 1.82) is 0 Å². The third kappa shape index (κ3) is 4.52. The van der Waals surface area contributed by atoms with Crippen molar-refractivity contribution in [2.75, 3.05) is 20.3 Å². The Morgan fingerprint density at radius 2 is 1.73 bits per heavy atom. The lowest BCUT2D eigenvalue weighted by Crippen LogP contribution is -2.28. The second-order valence-corrected chi connectivity index (χ2v) is 5.16. The topological polar surface area (TPSA) is 47.6 Å². The summed E-state index contributed by atoms with van der Waals surface area (Å²) in [6.45, 7) is 4.82. The van der Waals surface area contributed by atoms with Gasteiger partial charge in [0.15, 0.2) is 0 Å². The molecular weight excluding hydrogens is 278 g/mol. The Bertz CT molecular complexity index is 632. The van der Waals surface area contributed by atoms with Crippen molar-refractivity contribution in [2.24, 2.45) is 0 Å². The van der Waals surface area contributed by atoms with Gasteiger partial charge in [0, 0.05) is 11.6 Å². The van der Waals surface area contributed by atoms with Gasteiger partial charge in [-0.25, -0.2) is 0 Å². The molecule has 0 unspecified atom stereocenters. The number of aryl methyl sites for hydroxylation is 2. The molecular formula is C18H21NO3. The van der Waals surface area contributed by atoms with Crippen molar-refractivity contribution in [1.82, 2.24) is 5.32 Å². The molecule has 0 bridgehead atoms. The second kappa shape index (κ2) is 7.50. The van der Waals surface area contributed by atoms with E-state index in [0.29, 0.717) is 18.7 Å². The standard InChI is InChI=1S/C18H21NO3/c1-13-9-14(2)11-15(10-13)18(20)19-7-8-22-17-6-4-5-16(12-17)21-3/h4-6,9-12H,7-8H2,1-3H3,(H,19,20). The minimum atomic E-state index is -0.0824. The molecule has 2 aromatic rings. The summed E-state index contributed by atoms with van der Waals surface area (Å²) in [5.74, 6) is 1.39. The van der Waals surface area contributed by atoms with Gasteiger partial charge >= 0.3 is 0 Å². The summed E-state index contributed by atoms with van der Waals surface area (Å²) < 4.78 is 10.7. The molecule has 0 aliphatic rings. The Kier molecular flexibility index (Phi) is 5.42. The summed E-state index contributed by atoms with van der Waals surface area (Å²) in [6, 6.07) is 13.2. The average molecular weight is 299 g/mol. The summed E-state index contributed by atoms with van der Waals surface area (Å²) in [5, 5.41) is 2.86. The zero-order chi connectivity index (χ0) is 15.9. The minimum absolute atomic E-state index is 0.0824. The zero-order valence-electron chi connectivity index (χ0n) is 13.2. The van der Waals surface area contributed by atoms with E-state index < -0.39 is 0 Å². The normalized spacial score (nSPS) is 10.1. The molecule has 0 aromatic heterocycles. The second-order valence-electron chi connectivity index (χ2n) is 5.16. The van der Waals surface area contributed by atoms with Crippen molar-refractivity contribution in [3.8, 4) is 11.5 Å². The lowest BCUT2D eigenvalue weighted by atomic mass is 10.1. The fourth-order valence-electron chi connectivity index (χ4n) is 2.23. The van der Waals surface area contributed by atoms with Crippen LogP contribution in [-0.4, -0.2) is 26.2 Å². The maximum atomic E-state index is 12.1. The lowest BCUT2D eigenvalue weighted by Gasteiger charge is -2.09. The first kappa shape index (κ1) is 15.9. The summed E-state index contributed by atoms with van der Waals surface area (Å²) in [5.41, 5.74) is 2.84. The minimum Gasteiger partial charge on any atom is -0.497 e. The zero-order valence-corrected chi connectivity index (χ0v) is 13.2. The predicted octanol–water partition coefficient (Wildman–Crippen LogP) is 3.12. The number of nitrogens with one attached hydrogen (secondary N) is 1. The summed E-state index contributed by atoms with van der Waals surface area (Å²) in [6.07, 6.45) is 0. The Morgan fingerprint density at radius 1 is 1.05 bits per heavy atom. The van der Waals surface area contributed by atoms with E-state index in [1.54, 1.807) is 7.11 Å². The third-order valence-corrected chi connectivity index (χ3v) is 3.18. The fourth-order valence-corrected chi connectivity index (χ4v) is 2.23. The number of hydrogen-bond donors (Lipinski definition) is 1. The smallest absolute Gasteiger partial charge is 0.251 e. The van der Waals surface area contributed by atoms with E-state index in [1.165, 1.54) is 0 Å². The molecule has 2 aromatic carbocycles. The van der Waals surface area contributed by atoms with Crippen molar-refractivity contribution in [3.05, 3.63) is 59.2 Å². The van der Waals surface area contributed by atoms with Crippen LogP contribution in [0.15, 0.2) is 42.5 Å². The average Bonchev–Trinajstić information content (AvgIpc) is 2.50. The molecule has 22 heavy (non-hydrogen) atoms. The highest BCUT2D eigenvalue weighted by Gasteiger charge is 2.06. The number of methoxy groups -OCH3 is 1. The molecule has 0 saturated heterocycles.